The van der Waals surface area contributed by atoms with Gasteiger partial charge < -0.3 is 4.42 Å². The van der Waals surface area contributed by atoms with E-state index in [0.29, 0.717) is 12.5 Å². The van der Waals surface area contributed by atoms with E-state index in [9.17, 15) is 0 Å². The summed E-state index contributed by atoms with van der Waals surface area (Å²) in [5.74, 6) is 2.29. The molecule has 2 aliphatic rings. The molecule has 2 aromatic heterocycles. The SMILES string of the molecule is CC(C)C(c1nnnn1Cc1ccco1)N1CCN(C2CCCCC2)CC1. The molecule has 0 bridgehead atoms. The highest BCUT2D eigenvalue weighted by molar-refractivity contribution is 5.03. The van der Waals surface area contributed by atoms with E-state index in [1.807, 2.05) is 16.8 Å². The van der Waals surface area contributed by atoms with Gasteiger partial charge in [0.05, 0.1) is 12.3 Å². The highest BCUT2D eigenvalue weighted by atomic mass is 16.3. The minimum absolute atomic E-state index is 0.239. The van der Waals surface area contributed by atoms with Gasteiger partial charge in [0.2, 0.25) is 0 Å². The van der Waals surface area contributed by atoms with E-state index in [1.54, 1.807) is 6.26 Å². The Kier molecular flexibility index (Phi) is 5.88. The molecule has 4 rings (SSSR count). The molecule has 0 aromatic carbocycles. The summed E-state index contributed by atoms with van der Waals surface area (Å²) in [5.41, 5.74) is 0. The molecular weight excluding hydrogens is 340 g/mol. The summed E-state index contributed by atoms with van der Waals surface area (Å²) in [4.78, 5) is 5.30. The number of rotatable bonds is 6. The van der Waals surface area contributed by atoms with Gasteiger partial charge in [0.25, 0.3) is 0 Å². The number of furan rings is 1. The monoisotopic (exact) mass is 372 g/mol. The molecule has 7 heteroatoms. The van der Waals surface area contributed by atoms with Gasteiger partial charge in [-0.1, -0.05) is 33.1 Å². The fourth-order valence-electron chi connectivity index (χ4n) is 4.80. The van der Waals surface area contributed by atoms with Crippen LogP contribution < -0.4 is 0 Å². The Balaban J connectivity index is 1.44. The topological polar surface area (TPSA) is 63.2 Å². The number of tetrazole rings is 1. The number of aromatic nitrogens is 4. The van der Waals surface area contributed by atoms with Crippen LogP contribution in [0.5, 0.6) is 0 Å². The van der Waals surface area contributed by atoms with Crippen molar-refractivity contribution in [2.24, 2.45) is 5.92 Å². The van der Waals surface area contributed by atoms with Crippen molar-refractivity contribution in [3.8, 4) is 0 Å². The van der Waals surface area contributed by atoms with Crippen molar-refractivity contribution in [1.29, 1.82) is 0 Å². The predicted molar refractivity (Wildman–Crippen MR) is 103 cm³/mol. The third kappa shape index (κ3) is 4.24. The first kappa shape index (κ1) is 18.6. The highest BCUT2D eigenvalue weighted by Gasteiger charge is 2.33. The molecule has 148 valence electrons. The zero-order valence-electron chi connectivity index (χ0n) is 16.6. The average molecular weight is 373 g/mol. The van der Waals surface area contributed by atoms with Crippen LogP contribution in [0.25, 0.3) is 0 Å². The van der Waals surface area contributed by atoms with Crippen LogP contribution in [-0.2, 0) is 6.54 Å². The zero-order valence-corrected chi connectivity index (χ0v) is 16.6. The highest BCUT2D eigenvalue weighted by Crippen LogP contribution is 2.30. The first-order chi connectivity index (χ1) is 13.2. The molecule has 1 aliphatic carbocycles. The molecule has 7 nitrogen and oxygen atoms in total. The molecule has 0 spiro atoms. The molecule has 1 atom stereocenters. The van der Waals surface area contributed by atoms with Crippen LogP contribution in [0.2, 0.25) is 0 Å². The smallest absolute Gasteiger partial charge is 0.169 e. The average Bonchev–Trinajstić information content (AvgIpc) is 3.36. The maximum absolute atomic E-state index is 5.49. The van der Waals surface area contributed by atoms with E-state index in [-0.39, 0.29) is 6.04 Å². The Labute approximate surface area is 161 Å². The molecule has 1 saturated heterocycles. The second kappa shape index (κ2) is 8.52. The van der Waals surface area contributed by atoms with Gasteiger partial charge in [0.15, 0.2) is 5.82 Å². The van der Waals surface area contributed by atoms with Crippen molar-refractivity contribution in [2.45, 2.75) is 64.6 Å². The van der Waals surface area contributed by atoms with Crippen molar-refractivity contribution in [3.05, 3.63) is 30.0 Å². The van der Waals surface area contributed by atoms with E-state index in [4.69, 9.17) is 4.42 Å². The van der Waals surface area contributed by atoms with E-state index >= 15 is 0 Å². The summed E-state index contributed by atoms with van der Waals surface area (Å²) in [6.07, 6.45) is 8.69. The molecule has 3 heterocycles. The second-order valence-electron chi connectivity index (χ2n) is 8.33. The molecule has 0 radical (unpaired) electrons. The molecular formula is C20H32N6O. The molecule has 1 saturated carbocycles. The van der Waals surface area contributed by atoms with Gasteiger partial charge in [-0.3, -0.25) is 9.80 Å². The molecule has 1 aliphatic heterocycles. The van der Waals surface area contributed by atoms with Gasteiger partial charge in [-0.15, -0.1) is 5.10 Å². The van der Waals surface area contributed by atoms with Gasteiger partial charge >= 0.3 is 0 Å². The number of piperazine rings is 1. The van der Waals surface area contributed by atoms with Crippen LogP contribution >= 0.6 is 0 Å². The first-order valence-corrected chi connectivity index (χ1v) is 10.5. The quantitative estimate of drug-likeness (QED) is 0.777. The molecule has 2 aromatic rings. The van der Waals surface area contributed by atoms with Gasteiger partial charge in [0.1, 0.15) is 12.3 Å². The first-order valence-electron chi connectivity index (χ1n) is 10.5. The second-order valence-corrected chi connectivity index (χ2v) is 8.33. The van der Waals surface area contributed by atoms with Crippen LogP contribution in [0.15, 0.2) is 22.8 Å². The van der Waals surface area contributed by atoms with Crippen molar-refractivity contribution in [3.63, 3.8) is 0 Å². The van der Waals surface area contributed by atoms with Crippen molar-refractivity contribution >= 4 is 0 Å². The summed E-state index contributed by atoms with van der Waals surface area (Å²) in [7, 11) is 0. The maximum Gasteiger partial charge on any atom is 0.169 e. The number of hydrogen-bond acceptors (Lipinski definition) is 6. The summed E-state index contributed by atoms with van der Waals surface area (Å²) >= 11 is 0. The molecule has 2 fully saturated rings. The molecule has 0 N–H and O–H groups in total. The van der Waals surface area contributed by atoms with Crippen molar-refractivity contribution in [1.82, 2.24) is 30.0 Å². The van der Waals surface area contributed by atoms with Crippen LogP contribution in [-0.4, -0.2) is 62.2 Å². The number of nitrogens with zero attached hydrogens (tertiary/aromatic N) is 6. The lowest BCUT2D eigenvalue weighted by Crippen LogP contribution is -2.52. The summed E-state index contributed by atoms with van der Waals surface area (Å²) in [6, 6.07) is 4.92. The van der Waals surface area contributed by atoms with Crippen LogP contribution in [0.3, 0.4) is 0 Å². The maximum atomic E-state index is 5.49. The third-order valence-electron chi connectivity index (χ3n) is 6.17. The fourth-order valence-corrected chi connectivity index (χ4v) is 4.80. The molecule has 0 amide bonds. The Morgan fingerprint density at radius 3 is 2.56 bits per heavy atom. The minimum atomic E-state index is 0.239. The van der Waals surface area contributed by atoms with E-state index < -0.39 is 0 Å². The largest absolute Gasteiger partial charge is 0.467 e. The van der Waals surface area contributed by atoms with Crippen molar-refractivity contribution in [2.75, 3.05) is 26.2 Å². The lowest BCUT2D eigenvalue weighted by Gasteiger charge is -2.43. The predicted octanol–water partition coefficient (Wildman–Crippen LogP) is 2.96. The van der Waals surface area contributed by atoms with E-state index in [0.717, 1.165) is 43.8 Å². The van der Waals surface area contributed by atoms with Crippen LogP contribution in [0, 0.1) is 5.92 Å². The zero-order chi connectivity index (χ0) is 18.6. The van der Waals surface area contributed by atoms with Crippen LogP contribution in [0.1, 0.15) is 63.6 Å². The Morgan fingerprint density at radius 2 is 1.89 bits per heavy atom. The molecule has 27 heavy (non-hydrogen) atoms. The van der Waals surface area contributed by atoms with E-state index in [2.05, 4.69) is 39.2 Å². The normalized spacial score (nSPS) is 21.7. The summed E-state index contributed by atoms with van der Waals surface area (Å²) in [5, 5.41) is 12.6. The lowest BCUT2D eigenvalue weighted by molar-refractivity contribution is 0.0394. The van der Waals surface area contributed by atoms with Crippen LogP contribution in [0.4, 0.5) is 0 Å². The fraction of sp³-hybridized carbons (Fsp3) is 0.750. The molecule has 1 unspecified atom stereocenters. The van der Waals surface area contributed by atoms with Crippen molar-refractivity contribution < 1.29 is 4.42 Å². The van der Waals surface area contributed by atoms with E-state index in [1.165, 1.54) is 32.1 Å². The lowest BCUT2D eigenvalue weighted by atomic mass is 9.93. The number of hydrogen-bond donors (Lipinski definition) is 0. The van der Waals surface area contributed by atoms with Gasteiger partial charge in [0, 0.05) is 32.2 Å². The van der Waals surface area contributed by atoms with Gasteiger partial charge in [-0.2, -0.15) is 0 Å². The Hall–Kier alpha value is -1.73. The Bertz CT molecular complexity index is 683. The third-order valence-corrected chi connectivity index (χ3v) is 6.17. The Morgan fingerprint density at radius 1 is 1.11 bits per heavy atom. The summed E-state index contributed by atoms with van der Waals surface area (Å²) in [6.45, 7) is 9.62. The standard InChI is InChI=1S/C20H32N6O/c1-16(2)19(20-21-22-23-26(20)15-18-9-6-14-27-18)25-12-10-24(11-13-25)17-7-4-3-5-8-17/h6,9,14,16-17,19H,3-5,7-8,10-13,15H2,1-2H3. The van der Waals surface area contributed by atoms with Gasteiger partial charge in [-0.25, -0.2) is 4.68 Å². The minimum Gasteiger partial charge on any atom is -0.467 e. The van der Waals surface area contributed by atoms with Gasteiger partial charge in [-0.05, 0) is 41.3 Å². The summed E-state index contributed by atoms with van der Waals surface area (Å²) < 4.78 is 7.39.